The molecule has 0 amide bonds. The molecular weight excluding hydrogens is 320 g/mol. The Labute approximate surface area is 126 Å². The van der Waals surface area contributed by atoms with Crippen LogP contribution in [0.2, 0.25) is 0 Å². The number of nitriles is 1. The van der Waals surface area contributed by atoms with Gasteiger partial charge in [0.2, 0.25) is 5.88 Å². The first-order chi connectivity index (χ1) is 9.67. The Morgan fingerprint density at radius 1 is 1.30 bits per heavy atom. The number of nitrogens with zero attached hydrogens (tertiary/aromatic N) is 2. The molecule has 0 radical (unpaired) electrons. The second-order valence-electron chi connectivity index (χ2n) is 4.18. The van der Waals surface area contributed by atoms with E-state index < -0.39 is 0 Å². The van der Waals surface area contributed by atoms with E-state index in [1.54, 1.807) is 24.4 Å². The van der Waals surface area contributed by atoms with Crippen LogP contribution in [-0.2, 0) is 5.33 Å². The van der Waals surface area contributed by atoms with Crippen molar-refractivity contribution in [3.05, 3.63) is 47.2 Å². The zero-order valence-electron chi connectivity index (χ0n) is 11.2. The minimum absolute atomic E-state index is 0.509. The molecule has 0 bridgehead atoms. The zero-order chi connectivity index (χ0) is 14.5. The van der Waals surface area contributed by atoms with Crippen molar-refractivity contribution in [2.45, 2.75) is 12.3 Å². The van der Waals surface area contributed by atoms with E-state index in [1.807, 2.05) is 13.0 Å². The summed E-state index contributed by atoms with van der Waals surface area (Å²) in [5.41, 5.74) is 2.54. The first-order valence-electron chi connectivity index (χ1n) is 5.95. The van der Waals surface area contributed by atoms with Gasteiger partial charge in [0.05, 0.1) is 18.7 Å². The van der Waals surface area contributed by atoms with Gasteiger partial charge in [-0.15, -0.1) is 0 Å². The van der Waals surface area contributed by atoms with Crippen LogP contribution in [0.3, 0.4) is 0 Å². The minimum Gasteiger partial charge on any atom is -0.493 e. The maximum absolute atomic E-state index is 8.88. The molecule has 0 N–H and O–H groups in total. The van der Waals surface area contributed by atoms with Crippen molar-refractivity contribution in [1.29, 1.82) is 5.26 Å². The molecule has 1 aromatic carbocycles. The fourth-order valence-corrected chi connectivity index (χ4v) is 2.03. The van der Waals surface area contributed by atoms with Gasteiger partial charge in [-0.25, -0.2) is 4.98 Å². The molecule has 102 valence electrons. The average molecular weight is 333 g/mol. The summed E-state index contributed by atoms with van der Waals surface area (Å²) >= 11 is 3.39. The largest absolute Gasteiger partial charge is 0.493 e. The molecule has 0 fully saturated rings. The fourth-order valence-electron chi connectivity index (χ4n) is 1.73. The molecule has 0 saturated carbocycles. The highest BCUT2D eigenvalue weighted by Gasteiger charge is 2.10. The molecule has 2 rings (SSSR count). The third-order valence-corrected chi connectivity index (χ3v) is 3.39. The molecule has 0 atom stereocenters. The summed E-state index contributed by atoms with van der Waals surface area (Å²) in [6.07, 6.45) is 1.76. The summed E-state index contributed by atoms with van der Waals surface area (Å²) < 4.78 is 11.0. The highest BCUT2D eigenvalue weighted by molar-refractivity contribution is 9.08. The maximum atomic E-state index is 8.88. The number of hydrogen-bond acceptors (Lipinski definition) is 4. The minimum atomic E-state index is 0.509. The molecule has 1 aromatic heterocycles. The number of rotatable bonds is 4. The number of hydrogen-bond donors (Lipinski definition) is 0. The Balaban J connectivity index is 2.32. The van der Waals surface area contributed by atoms with Crippen LogP contribution >= 0.6 is 15.9 Å². The second-order valence-corrected chi connectivity index (χ2v) is 4.74. The summed E-state index contributed by atoms with van der Waals surface area (Å²) in [4.78, 5) is 4.29. The van der Waals surface area contributed by atoms with E-state index in [-0.39, 0.29) is 0 Å². The van der Waals surface area contributed by atoms with Crippen LogP contribution in [-0.4, -0.2) is 12.1 Å². The first-order valence-corrected chi connectivity index (χ1v) is 7.07. The van der Waals surface area contributed by atoms with Gasteiger partial charge in [0.15, 0.2) is 11.5 Å². The van der Waals surface area contributed by atoms with Gasteiger partial charge in [0.1, 0.15) is 0 Å². The van der Waals surface area contributed by atoms with Gasteiger partial charge in [0.25, 0.3) is 0 Å². The van der Waals surface area contributed by atoms with Gasteiger partial charge in [-0.05, 0) is 30.7 Å². The van der Waals surface area contributed by atoms with E-state index in [1.165, 1.54) is 7.11 Å². The average Bonchev–Trinajstić information content (AvgIpc) is 2.49. The SMILES string of the molecule is COc1cc(C#N)ccc1Oc1ncc(CBr)cc1C. The fraction of sp³-hybridized carbons (Fsp3) is 0.200. The van der Waals surface area contributed by atoms with Gasteiger partial charge in [0, 0.05) is 23.2 Å². The third kappa shape index (κ3) is 3.09. The second kappa shape index (κ2) is 6.40. The molecule has 0 spiro atoms. The quantitative estimate of drug-likeness (QED) is 0.795. The van der Waals surface area contributed by atoms with Crippen molar-refractivity contribution >= 4 is 15.9 Å². The van der Waals surface area contributed by atoms with Gasteiger partial charge in [-0.2, -0.15) is 5.26 Å². The number of ether oxygens (including phenoxy) is 2. The van der Waals surface area contributed by atoms with Crippen LogP contribution in [0.5, 0.6) is 17.4 Å². The molecule has 5 heteroatoms. The van der Waals surface area contributed by atoms with Crippen LogP contribution in [0.1, 0.15) is 16.7 Å². The summed E-state index contributed by atoms with van der Waals surface area (Å²) in [5, 5.41) is 9.63. The van der Waals surface area contributed by atoms with Crippen LogP contribution in [0.15, 0.2) is 30.5 Å². The Bertz CT molecular complexity index is 665. The molecule has 20 heavy (non-hydrogen) atoms. The monoisotopic (exact) mass is 332 g/mol. The number of aryl methyl sites for hydroxylation is 1. The van der Waals surface area contributed by atoms with Gasteiger partial charge < -0.3 is 9.47 Å². The van der Waals surface area contributed by atoms with Crippen LogP contribution in [0.25, 0.3) is 0 Å². The Hall–Kier alpha value is -2.06. The van der Waals surface area contributed by atoms with E-state index in [9.17, 15) is 0 Å². The van der Waals surface area contributed by atoms with Crippen molar-refractivity contribution in [2.75, 3.05) is 7.11 Å². The van der Waals surface area contributed by atoms with Crippen molar-refractivity contribution in [1.82, 2.24) is 4.98 Å². The number of benzene rings is 1. The zero-order valence-corrected chi connectivity index (χ0v) is 12.8. The number of pyridine rings is 1. The lowest BCUT2D eigenvalue weighted by Gasteiger charge is -2.11. The highest BCUT2D eigenvalue weighted by Crippen LogP contribution is 2.32. The van der Waals surface area contributed by atoms with E-state index in [2.05, 4.69) is 27.0 Å². The highest BCUT2D eigenvalue weighted by atomic mass is 79.9. The predicted octanol–water partition coefficient (Wildman–Crippen LogP) is 3.96. The van der Waals surface area contributed by atoms with E-state index in [0.29, 0.717) is 22.9 Å². The normalized spacial score (nSPS) is 9.90. The van der Waals surface area contributed by atoms with Gasteiger partial charge in [-0.3, -0.25) is 0 Å². The number of aromatic nitrogens is 1. The molecule has 2 aromatic rings. The van der Waals surface area contributed by atoms with Crippen molar-refractivity contribution in [3.8, 4) is 23.4 Å². The number of halogens is 1. The van der Waals surface area contributed by atoms with Crippen LogP contribution < -0.4 is 9.47 Å². The first kappa shape index (κ1) is 14.4. The lowest BCUT2D eigenvalue weighted by atomic mass is 10.2. The smallest absolute Gasteiger partial charge is 0.222 e. The van der Waals surface area contributed by atoms with Gasteiger partial charge in [-0.1, -0.05) is 15.9 Å². The standard InChI is InChI=1S/C15H13BrN2O2/c1-10-5-12(7-16)9-18-15(10)20-13-4-3-11(8-17)6-14(13)19-2/h3-6,9H,7H2,1-2H3. The lowest BCUT2D eigenvalue weighted by Crippen LogP contribution is -1.95. The van der Waals surface area contributed by atoms with Gasteiger partial charge >= 0.3 is 0 Å². The molecule has 0 unspecified atom stereocenters. The van der Waals surface area contributed by atoms with Crippen molar-refractivity contribution in [3.63, 3.8) is 0 Å². The molecule has 0 aliphatic rings. The third-order valence-electron chi connectivity index (χ3n) is 2.74. The lowest BCUT2D eigenvalue weighted by molar-refractivity contribution is 0.373. The van der Waals surface area contributed by atoms with Crippen molar-refractivity contribution < 1.29 is 9.47 Å². The summed E-state index contributed by atoms with van der Waals surface area (Å²) in [6, 6.07) is 9.09. The maximum Gasteiger partial charge on any atom is 0.222 e. The summed E-state index contributed by atoms with van der Waals surface area (Å²) in [6.45, 7) is 1.94. The van der Waals surface area contributed by atoms with E-state index in [4.69, 9.17) is 14.7 Å². The Kier molecular flexibility index (Phi) is 4.59. The van der Waals surface area contributed by atoms with Crippen molar-refractivity contribution in [2.24, 2.45) is 0 Å². The topological polar surface area (TPSA) is 55.1 Å². The predicted molar refractivity (Wildman–Crippen MR) is 79.4 cm³/mol. The van der Waals surface area contributed by atoms with Crippen LogP contribution in [0, 0.1) is 18.3 Å². The molecule has 4 nitrogen and oxygen atoms in total. The molecule has 1 heterocycles. The Morgan fingerprint density at radius 3 is 2.70 bits per heavy atom. The molecule has 0 saturated heterocycles. The summed E-state index contributed by atoms with van der Waals surface area (Å²) in [5.74, 6) is 1.57. The molecule has 0 aliphatic heterocycles. The molecular formula is C15H13BrN2O2. The number of alkyl halides is 1. The van der Waals surface area contributed by atoms with Crippen LogP contribution in [0.4, 0.5) is 0 Å². The Morgan fingerprint density at radius 2 is 2.10 bits per heavy atom. The summed E-state index contributed by atoms with van der Waals surface area (Å²) in [7, 11) is 1.54. The molecule has 0 aliphatic carbocycles. The number of methoxy groups -OCH3 is 1. The van der Waals surface area contributed by atoms with E-state index >= 15 is 0 Å². The van der Waals surface area contributed by atoms with E-state index in [0.717, 1.165) is 16.5 Å².